The third-order valence-electron chi connectivity index (χ3n) is 4.50. The number of methoxy groups -OCH3 is 1. The first-order chi connectivity index (χ1) is 14.7. The second kappa shape index (κ2) is 14.4. The summed E-state index contributed by atoms with van der Waals surface area (Å²) in [6.07, 6.45) is 0.934. The molecule has 0 atom stereocenters. The van der Waals surface area contributed by atoms with E-state index < -0.39 is 0 Å². The van der Waals surface area contributed by atoms with E-state index in [0.717, 1.165) is 50.1 Å². The van der Waals surface area contributed by atoms with Crippen LogP contribution in [-0.2, 0) is 29.2 Å². The molecule has 6 heteroatoms. The number of rotatable bonds is 13. The van der Waals surface area contributed by atoms with Gasteiger partial charge in [-0.05, 0) is 49.1 Å². The lowest BCUT2D eigenvalue weighted by molar-refractivity contribution is 0.134. The number of nitrogens with one attached hydrogen (secondary N) is 2. The second-order valence-corrected chi connectivity index (χ2v) is 6.80. The fourth-order valence-corrected chi connectivity index (χ4v) is 2.76. The van der Waals surface area contributed by atoms with Gasteiger partial charge < -0.3 is 24.8 Å². The topological polar surface area (TPSA) is 64.1 Å². The summed E-state index contributed by atoms with van der Waals surface area (Å²) >= 11 is 0. The molecule has 2 N–H and O–H groups in total. The first-order valence-electron chi connectivity index (χ1n) is 10.6. The Balaban J connectivity index is 1.92. The van der Waals surface area contributed by atoms with Crippen LogP contribution < -0.4 is 15.4 Å². The van der Waals surface area contributed by atoms with Crippen molar-refractivity contribution >= 4 is 5.96 Å². The predicted molar refractivity (Wildman–Crippen MR) is 122 cm³/mol. The Morgan fingerprint density at radius 1 is 0.833 bits per heavy atom. The van der Waals surface area contributed by atoms with E-state index >= 15 is 0 Å². The van der Waals surface area contributed by atoms with Crippen molar-refractivity contribution in [1.29, 1.82) is 0 Å². The van der Waals surface area contributed by atoms with Crippen LogP contribution >= 0.6 is 0 Å². The van der Waals surface area contributed by atoms with Crippen molar-refractivity contribution < 1.29 is 14.2 Å². The van der Waals surface area contributed by atoms with Gasteiger partial charge in [0.2, 0.25) is 0 Å². The van der Waals surface area contributed by atoms with E-state index in [1.54, 1.807) is 7.11 Å². The van der Waals surface area contributed by atoms with E-state index in [1.165, 1.54) is 11.1 Å². The highest BCUT2D eigenvalue weighted by molar-refractivity contribution is 5.79. The molecule has 2 aromatic rings. The van der Waals surface area contributed by atoms with Crippen molar-refractivity contribution in [2.45, 2.75) is 40.0 Å². The quantitative estimate of drug-likeness (QED) is 0.296. The molecule has 0 unspecified atom stereocenters. The van der Waals surface area contributed by atoms with E-state index in [0.29, 0.717) is 19.7 Å². The Morgan fingerprint density at radius 3 is 2.17 bits per heavy atom. The van der Waals surface area contributed by atoms with Crippen molar-refractivity contribution in [1.82, 2.24) is 10.6 Å². The predicted octanol–water partition coefficient (Wildman–Crippen LogP) is 3.89. The van der Waals surface area contributed by atoms with Crippen LogP contribution in [0.1, 0.15) is 37.0 Å². The lowest BCUT2D eigenvalue weighted by atomic mass is 10.1. The largest absolute Gasteiger partial charge is 0.497 e. The average molecular weight is 414 g/mol. The van der Waals surface area contributed by atoms with E-state index in [4.69, 9.17) is 19.2 Å². The number of hydrogen-bond donors (Lipinski definition) is 2. The number of aliphatic imine (C=N–C) groups is 1. The average Bonchev–Trinajstić information content (AvgIpc) is 2.79. The molecule has 0 bridgehead atoms. The van der Waals surface area contributed by atoms with Crippen molar-refractivity contribution in [3.8, 4) is 5.75 Å². The molecule has 0 radical (unpaired) electrons. The molecule has 0 aliphatic rings. The standard InChI is InChI=1S/C24H35N3O3/c1-4-29-16-6-15-25-24(27-18-21-11-13-23(28-3)14-12-21)26-17-20-7-9-22(10-8-20)19-30-5-2/h7-14H,4-6,15-19H2,1-3H3,(H2,25,26,27). The zero-order chi connectivity index (χ0) is 21.4. The fourth-order valence-electron chi connectivity index (χ4n) is 2.76. The molecule has 2 rings (SSSR count). The first kappa shape index (κ1) is 23.7. The summed E-state index contributed by atoms with van der Waals surface area (Å²) in [5.74, 6) is 1.64. The molecule has 0 aliphatic carbocycles. The van der Waals surface area contributed by atoms with E-state index in [2.05, 4.69) is 34.9 Å². The van der Waals surface area contributed by atoms with Crippen LogP contribution in [0, 0.1) is 0 Å². The van der Waals surface area contributed by atoms with Crippen LogP contribution in [0.4, 0.5) is 0 Å². The molecular formula is C24H35N3O3. The molecule has 0 fully saturated rings. The van der Waals surface area contributed by atoms with Gasteiger partial charge in [0.1, 0.15) is 5.75 Å². The molecule has 0 aliphatic heterocycles. The van der Waals surface area contributed by atoms with Gasteiger partial charge in [0.15, 0.2) is 5.96 Å². The maximum absolute atomic E-state index is 5.46. The van der Waals surface area contributed by atoms with Gasteiger partial charge in [-0.1, -0.05) is 36.4 Å². The zero-order valence-corrected chi connectivity index (χ0v) is 18.4. The zero-order valence-electron chi connectivity index (χ0n) is 18.4. The van der Waals surface area contributed by atoms with Crippen LogP contribution in [-0.4, -0.2) is 39.4 Å². The molecule has 164 valence electrons. The van der Waals surface area contributed by atoms with Crippen molar-refractivity contribution in [3.63, 3.8) is 0 Å². The minimum absolute atomic E-state index is 0.595. The molecule has 2 aromatic carbocycles. The maximum atomic E-state index is 5.46. The third kappa shape index (κ3) is 9.29. The van der Waals surface area contributed by atoms with Gasteiger partial charge in [-0.15, -0.1) is 0 Å². The molecule has 0 saturated carbocycles. The molecule has 6 nitrogen and oxygen atoms in total. The molecule has 0 aromatic heterocycles. The van der Waals surface area contributed by atoms with Gasteiger partial charge in [0.05, 0.1) is 20.3 Å². The van der Waals surface area contributed by atoms with Crippen molar-refractivity contribution in [2.75, 3.05) is 33.5 Å². The summed E-state index contributed by atoms with van der Waals surface area (Å²) in [6.45, 7) is 9.00. The Labute approximate surface area is 180 Å². The van der Waals surface area contributed by atoms with Gasteiger partial charge in [0, 0.05) is 32.9 Å². The highest BCUT2D eigenvalue weighted by Crippen LogP contribution is 2.12. The minimum Gasteiger partial charge on any atom is -0.497 e. The van der Waals surface area contributed by atoms with Gasteiger partial charge in [-0.25, -0.2) is 4.99 Å². The minimum atomic E-state index is 0.595. The maximum Gasteiger partial charge on any atom is 0.191 e. The molecule has 0 heterocycles. The highest BCUT2D eigenvalue weighted by atomic mass is 16.5. The number of guanidine groups is 1. The van der Waals surface area contributed by atoms with Gasteiger partial charge in [-0.2, -0.15) is 0 Å². The van der Waals surface area contributed by atoms with Crippen molar-refractivity contribution in [3.05, 3.63) is 65.2 Å². The number of hydrogen-bond acceptors (Lipinski definition) is 4. The monoisotopic (exact) mass is 413 g/mol. The molecule has 0 spiro atoms. The van der Waals surface area contributed by atoms with Crippen LogP contribution in [0.2, 0.25) is 0 Å². The third-order valence-corrected chi connectivity index (χ3v) is 4.50. The van der Waals surface area contributed by atoms with Gasteiger partial charge >= 0.3 is 0 Å². The Morgan fingerprint density at radius 2 is 1.50 bits per heavy atom. The molecule has 30 heavy (non-hydrogen) atoms. The van der Waals surface area contributed by atoms with E-state index in [-0.39, 0.29) is 0 Å². The molecule has 0 amide bonds. The number of ether oxygens (including phenoxy) is 3. The first-order valence-corrected chi connectivity index (χ1v) is 10.6. The van der Waals surface area contributed by atoms with E-state index in [1.807, 2.05) is 38.1 Å². The molecule has 0 saturated heterocycles. The SMILES string of the molecule is CCOCCCNC(=NCc1ccc(OC)cc1)NCc1ccc(COCC)cc1. The Kier molecular flexibility index (Phi) is 11.4. The van der Waals surface area contributed by atoms with Crippen LogP contribution in [0.15, 0.2) is 53.5 Å². The Bertz CT molecular complexity index is 730. The highest BCUT2D eigenvalue weighted by Gasteiger charge is 2.01. The van der Waals surface area contributed by atoms with Crippen LogP contribution in [0.25, 0.3) is 0 Å². The number of benzene rings is 2. The van der Waals surface area contributed by atoms with Gasteiger partial charge in [-0.3, -0.25) is 0 Å². The second-order valence-electron chi connectivity index (χ2n) is 6.80. The summed E-state index contributed by atoms with van der Waals surface area (Å²) in [7, 11) is 1.67. The Hall–Kier alpha value is -2.57. The summed E-state index contributed by atoms with van der Waals surface area (Å²) in [4.78, 5) is 4.73. The molecular weight excluding hydrogens is 378 g/mol. The summed E-state index contributed by atoms with van der Waals surface area (Å²) in [6, 6.07) is 16.4. The van der Waals surface area contributed by atoms with E-state index in [9.17, 15) is 0 Å². The lowest BCUT2D eigenvalue weighted by Crippen LogP contribution is -2.37. The smallest absolute Gasteiger partial charge is 0.191 e. The normalized spacial score (nSPS) is 11.4. The van der Waals surface area contributed by atoms with Crippen molar-refractivity contribution in [2.24, 2.45) is 4.99 Å². The van der Waals surface area contributed by atoms with Crippen LogP contribution in [0.5, 0.6) is 5.75 Å². The fraction of sp³-hybridized carbons (Fsp3) is 0.458. The summed E-state index contributed by atoms with van der Waals surface area (Å²) < 4.78 is 16.1. The number of nitrogens with zero attached hydrogens (tertiary/aromatic N) is 1. The lowest BCUT2D eigenvalue weighted by Gasteiger charge is -2.13. The van der Waals surface area contributed by atoms with Crippen LogP contribution in [0.3, 0.4) is 0 Å². The summed E-state index contributed by atoms with van der Waals surface area (Å²) in [5.41, 5.74) is 3.51. The summed E-state index contributed by atoms with van der Waals surface area (Å²) in [5, 5.41) is 6.82. The van der Waals surface area contributed by atoms with Gasteiger partial charge in [0.25, 0.3) is 0 Å².